The van der Waals surface area contributed by atoms with Gasteiger partial charge in [0.15, 0.2) is 0 Å². The van der Waals surface area contributed by atoms with Crippen LogP contribution in [-0.4, -0.2) is 17.9 Å². The molecule has 0 saturated carbocycles. The smallest absolute Gasteiger partial charge is 0.251 e. The molecule has 2 amide bonds. The normalized spacial score (nSPS) is 11.6. The Morgan fingerprint density at radius 2 is 1.78 bits per heavy atom. The third-order valence-corrected chi connectivity index (χ3v) is 3.48. The minimum Gasteiger partial charge on any atom is -0.352 e. The van der Waals surface area contributed by atoms with Gasteiger partial charge >= 0.3 is 0 Å². The molecule has 2 rings (SSSR count). The van der Waals surface area contributed by atoms with Crippen molar-refractivity contribution in [2.75, 3.05) is 0 Å². The minimum absolute atomic E-state index is 0.0765. The van der Waals surface area contributed by atoms with Crippen LogP contribution in [0.4, 0.5) is 0 Å². The third kappa shape index (κ3) is 5.58. The Morgan fingerprint density at radius 1 is 1.04 bits per heavy atom. The van der Waals surface area contributed by atoms with Gasteiger partial charge in [-0.05, 0) is 31.5 Å². The number of carbonyl (C=O) groups excluding carboxylic acids is 2. The molecule has 23 heavy (non-hydrogen) atoms. The first-order chi connectivity index (χ1) is 11.0. The van der Waals surface area contributed by atoms with E-state index in [1.165, 1.54) is 5.56 Å². The van der Waals surface area contributed by atoms with Gasteiger partial charge in [0.05, 0.1) is 0 Å². The quantitative estimate of drug-likeness (QED) is 0.862. The van der Waals surface area contributed by atoms with Crippen LogP contribution in [0, 0.1) is 6.92 Å². The Kier molecular flexibility index (Phi) is 5.92. The van der Waals surface area contributed by atoms with Crippen LogP contribution in [0.5, 0.6) is 0 Å². The lowest BCUT2D eigenvalue weighted by molar-refractivity contribution is -0.121. The molecule has 4 heteroatoms. The van der Waals surface area contributed by atoms with E-state index in [9.17, 15) is 9.59 Å². The van der Waals surface area contributed by atoms with Gasteiger partial charge < -0.3 is 10.6 Å². The first-order valence-corrected chi connectivity index (χ1v) is 7.73. The number of rotatable bonds is 6. The molecule has 4 nitrogen and oxygen atoms in total. The molecule has 0 spiro atoms. The lowest BCUT2D eigenvalue weighted by Gasteiger charge is -2.14. The van der Waals surface area contributed by atoms with E-state index in [4.69, 9.17) is 0 Å². The summed E-state index contributed by atoms with van der Waals surface area (Å²) in [6, 6.07) is 16.8. The first kappa shape index (κ1) is 16.7. The minimum atomic E-state index is -0.222. The lowest BCUT2D eigenvalue weighted by Crippen LogP contribution is -2.37. The zero-order valence-corrected chi connectivity index (χ0v) is 13.5. The van der Waals surface area contributed by atoms with Crippen molar-refractivity contribution in [2.24, 2.45) is 0 Å². The van der Waals surface area contributed by atoms with E-state index in [1.807, 2.05) is 56.3 Å². The summed E-state index contributed by atoms with van der Waals surface area (Å²) in [7, 11) is 0. The van der Waals surface area contributed by atoms with Gasteiger partial charge in [0.2, 0.25) is 5.91 Å². The van der Waals surface area contributed by atoms with Crippen molar-refractivity contribution in [3.05, 3.63) is 71.3 Å². The van der Waals surface area contributed by atoms with Crippen molar-refractivity contribution in [1.29, 1.82) is 0 Å². The number of aryl methyl sites for hydroxylation is 1. The Labute approximate surface area is 136 Å². The highest BCUT2D eigenvalue weighted by molar-refractivity contribution is 5.94. The molecule has 0 fully saturated rings. The van der Waals surface area contributed by atoms with Crippen molar-refractivity contribution in [3.63, 3.8) is 0 Å². The molecule has 120 valence electrons. The highest BCUT2D eigenvalue weighted by atomic mass is 16.2. The van der Waals surface area contributed by atoms with Crippen LogP contribution < -0.4 is 10.6 Å². The Balaban J connectivity index is 1.77. The molecule has 2 N–H and O–H groups in total. The summed E-state index contributed by atoms with van der Waals surface area (Å²) in [5.41, 5.74) is 2.83. The van der Waals surface area contributed by atoms with Crippen LogP contribution in [0.1, 0.15) is 34.8 Å². The second-order valence-electron chi connectivity index (χ2n) is 5.71. The molecule has 0 bridgehead atoms. The third-order valence-electron chi connectivity index (χ3n) is 3.48. The molecular formula is C19H22N2O2. The van der Waals surface area contributed by atoms with Gasteiger partial charge in [-0.3, -0.25) is 9.59 Å². The zero-order chi connectivity index (χ0) is 16.7. The second kappa shape index (κ2) is 8.13. The lowest BCUT2D eigenvalue weighted by atomic mass is 10.1. The summed E-state index contributed by atoms with van der Waals surface area (Å²) in [6.07, 6.45) is 0.254. The summed E-state index contributed by atoms with van der Waals surface area (Å²) in [5, 5.41) is 5.71. The molecule has 0 aromatic heterocycles. The molecule has 0 aliphatic heterocycles. The molecule has 2 aromatic carbocycles. The van der Waals surface area contributed by atoms with Crippen molar-refractivity contribution in [2.45, 2.75) is 32.9 Å². The largest absolute Gasteiger partial charge is 0.352 e. The molecule has 0 aliphatic rings. The van der Waals surface area contributed by atoms with Crippen LogP contribution in [0.3, 0.4) is 0 Å². The van der Waals surface area contributed by atoms with E-state index in [1.54, 1.807) is 12.1 Å². The van der Waals surface area contributed by atoms with Gasteiger partial charge in [0, 0.05) is 24.6 Å². The fourth-order valence-electron chi connectivity index (χ4n) is 2.32. The summed E-state index contributed by atoms with van der Waals surface area (Å²) in [4.78, 5) is 24.0. The van der Waals surface area contributed by atoms with Crippen molar-refractivity contribution in [1.82, 2.24) is 10.6 Å². The topological polar surface area (TPSA) is 58.2 Å². The molecule has 0 aliphatic carbocycles. The maximum atomic E-state index is 12.0. The summed E-state index contributed by atoms with van der Waals surface area (Å²) in [5.74, 6) is -0.239. The molecule has 0 radical (unpaired) electrons. The first-order valence-electron chi connectivity index (χ1n) is 7.73. The molecule has 0 heterocycles. The van der Waals surface area contributed by atoms with Crippen molar-refractivity contribution >= 4 is 11.8 Å². The van der Waals surface area contributed by atoms with Crippen LogP contribution in [0.25, 0.3) is 0 Å². The monoisotopic (exact) mass is 310 g/mol. The molecule has 1 unspecified atom stereocenters. The maximum Gasteiger partial charge on any atom is 0.251 e. The van der Waals surface area contributed by atoms with E-state index >= 15 is 0 Å². The SMILES string of the molecule is Cc1cccc(CNC(=O)CC(C)NC(=O)c2ccccc2)c1. The predicted octanol–water partition coefficient (Wildman–Crippen LogP) is 2.82. The average Bonchev–Trinajstić information content (AvgIpc) is 2.53. The van der Waals surface area contributed by atoms with Gasteiger partial charge in [-0.2, -0.15) is 0 Å². The Hall–Kier alpha value is -2.62. The van der Waals surface area contributed by atoms with Gasteiger partial charge in [-0.15, -0.1) is 0 Å². The van der Waals surface area contributed by atoms with Crippen molar-refractivity contribution in [3.8, 4) is 0 Å². The number of nitrogens with one attached hydrogen (secondary N) is 2. The summed E-state index contributed by atoms with van der Waals surface area (Å²) in [6.45, 7) is 4.35. The maximum absolute atomic E-state index is 12.0. The molecular weight excluding hydrogens is 288 g/mol. The average molecular weight is 310 g/mol. The molecule has 1 atom stereocenters. The van der Waals surface area contributed by atoms with E-state index in [0.717, 1.165) is 5.56 Å². The number of amides is 2. The van der Waals surface area contributed by atoms with Crippen LogP contribution in [0.2, 0.25) is 0 Å². The number of benzene rings is 2. The van der Waals surface area contributed by atoms with Gasteiger partial charge in [0.1, 0.15) is 0 Å². The fraction of sp³-hybridized carbons (Fsp3) is 0.263. The van der Waals surface area contributed by atoms with E-state index in [0.29, 0.717) is 12.1 Å². The van der Waals surface area contributed by atoms with Gasteiger partial charge in [-0.1, -0.05) is 48.0 Å². The summed E-state index contributed by atoms with van der Waals surface area (Å²) >= 11 is 0. The fourth-order valence-corrected chi connectivity index (χ4v) is 2.32. The predicted molar refractivity (Wildman–Crippen MR) is 91.0 cm³/mol. The number of hydrogen-bond acceptors (Lipinski definition) is 2. The zero-order valence-electron chi connectivity index (χ0n) is 13.5. The Morgan fingerprint density at radius 3 is 2.48 bits per heavy atom. The van der Waals surface area contributed by atoms with E-state index in [2.05, 4.69) is 10.6 Å². The molecule has 2 aromatic rings. The molecule has 0 saturated heterocycles. The van der Waals surface area contributed by atoms with Gasteiger partial charge in [-0.25, -0.2) is 0 Å². The Bertz CT molecular complexity index is 668. The van der Waals surface area contributed by atoms with Crippen LogP contribution in [0.15, 0.2) is 54.6 Å². The number of hydrogen-bond donors (Lipinski definition) is 2. The van der Waals surface area contributed by atoms with E-state index < -0.39 is 0 Å². The highest BCUT2D eigenvalue weighted by Gasteiger charge is 2.12. The van der Waals surface area contributed by atoms with Gasteiger partial charge in [0.25, 0.3) is 5.91 Å². The van der Waals surface area contributed by atoms with Crippen LogP contribution >= 0.6 is 0 Å². The van der Waals surface area contributed by atoms with Crippen molar-refractivity contribution < 1.29 is 9.59 Å². The van der Waals surface area contributed by atoms with E-state index in [-0.39, 0.29) is 24.3 Å². The highest BCUT2D eigenvalue weighted by Crippen LogP contribution is 2.04. The standard InChI is InChI=1S/C19H22N2O2/c1-14-7-6-8-16(11-14)13-20-18(22)12-15(2)21-19(23)17-9-4-3-5-10-17/h3-11,15H,12-13H2,1-2H3,(H,20,22)(H,21,23). The number of carbonyl (C=O) groups is 2. The second-order valence-corrected chi connectivity index (χ2v) is 5.71. The summed E-state index contributed by atoms with van der Waals surface area (Å²) < 4.78 is 0. The van der Waals surface area contributed by atoms with Crippen LogP contribution in [-0.2, 0) is 11.3 Å².